The van der Waals surface area contributed by atoms with Crippen molar-refractivity contribution in [1.82, 2.24) is 14.8 Å². The summed E-state index contributed by atoms with van der Waals surface area (Å²) >= 11 is 1.23. The number of amides is 1. The summed E-state index contributed by atoms with van der Waals surface area (Å²) in [5.74, 6) is 1.23. The van der Waals surface area contributed by atoms with Crippen LogP contribution in [0.4, 0.5) is 11.4 Å². The number of nitro groups is 1. The van der Waals surface area contributed by atoms with Crippen LogP contribution in [-0.2, 0) is 18.4 Å². The van der Waals surface area contributed by atoms with E-state index in [0.29, 0.717) is 16.7 Å². The zero-order valence-corrected chi connectivity index (χ0v) is 18.5. The number of carbonyl (C=O) groups excluding carboxylic acids is 1. The van der Waals surface area contributed by atoms with Crippen molar-refractivity contribution < 1.29 is 14.5 Å². The molecule has 0 saturated heterocycles. The Morgan fingerprint density at radius 1 is 1.16 bits per heavy atom. The van der Waals surface area contributed by atoms with Gasteiger partial charge in [-0.3, -0.25) is 14.9 Å². The SMILES string of the molecule is Cc1ccc(OCc2nnc(SCC(=O)Nc3cc([N+](=O)[O-])ccc3C)n2C)c(C)c1. The van der Waals surface area contributed by atoms with E-state index < -0.39 is 4.92 Å². The average molecular weight is 442 g/mol. The Labute approximate surface area is 184 Å². The molecule has 0 aliphatic carbocycles. The lowest BCUT2D eigenvalue weighted by atomic mass is 10.1. The molecule has 9 nitrogen and oxygen atoms in total. The highest BCUT2D eigenvalue weighted by molar-refractivity contribution is 7.99. The van der Waals surface area contributed by atoms with Gasteiger partial charge in [-0.2, -0.15) is 0 Å². The number of aromatic nitrogens is 3. The average Bonchev–Trinajstić information content (AvgIpc) is 3.07. The van der Waals surface area contributed by atoms with E-state index in [4.69, 9.17) is 4.74 Å². The molecular weight excluding hydrogens is 418 g/mol. The normalized spacial score (nSPS) is 10.7. The molecule has 31 heavy (non-hydrogen) atoms. The minimum atomic E-state index is -0.495. The van der Waals surface area contributed by atoms with Crippen LogP contribution in [0.3, 0.4) is 0 Å². The van der Waals surface area contributed by atoms with Gasteiger partial charge in [0.25, 0.3) is 5.69 Å². The molecule has 3 aromatic rings. The number of ether oxygens (including phenoxy) is 1. The van der Waals surface area contributed by atoms with Crippen molar-refractivity contribution in [2.45, 2.75) is 32.5 Å². The number of hydrogen-bond acceptors (Lipinski definition) is 7. The van der Waals surface area contributed by atoms with E-state index in [2.05, 4.69) is 21.6 Å². The number of rotatable bonds is 8. The lowest BCUT2D eigenvalue weighted by molar-refractivity contribution is -0.384. The fourth-order valence-corrected chi connectivity index (χ4v) is 3.60. The van der Waals surface area contributed by atoms with E-state index in [1.807, 2.05) is 33.0 Å². The van der Waals surface area contributed by atoms with Gasteiger partial charge < -0.3 is 14.6 Å². The Morgan fingerprint density at radius 3 is 2.65 bits per heavy atom. The number of benzene rings is 2. The van der Waals surface area contributed by atoms with Crippen molar-refractivity contribution in [3.63, 3.8) is 0 Å². The van der Waals surface area contributed by atoms with Gasteiger partial charge in [-0.15, -0.1) is 10.2 Å². The molecule has 0 unspecified atom stereocenters. The standard InChI is InChI=1S/C21H23N5O4S/c1-13-5-8-18(15(3)9-13)30-11-19-23-24-21(25(19)4)31-12-20(27)22-17-10-16(26(28)29)7-6-14(17)2/h5-10H,11-12H2,1-4H3,(H,22,27). The van der Waals surface area contributed by atoms with Crippen molar-refractivity contribution in [2.75, 3.05) is 11.1 Å². The number of anilines is 1. The predicted molar refractivity (Wildman–Crippen MR) is 118 cm³/mol. The Kier molecular flexibility index (Phi) is 6.91. The quantitative estimate of drug-likeness (QED) is 0.320. The molecule has 2 aromatic carbocycles. The van der Waals surface area contributed by atoms with Crippen LogP contribution in [0.5, 0.6) is 5.75 Å². The second-order valence-corrected chi connectivity index (χ2v) is 8.05. The first kappa shape index (κ1) is 22.3. The predicted octanol–water partition coefficient (Wildman–Crippen LogP) is 3.96. The number of carbonyl (C=O) groups is 1. The third-order valence-corrected chi connectivity index (χ3v) is 5.67. The molecule has 0 fully saturated rings. The van der Waals surface area contributed by atoms with Crippen LogP contribution < -0.4 is 10.1 Å². The van der Waals surface area contributed by atoms with Gasteiger partial charge >= 0.3 is 0 Å². The molecule has 0 saturated carbocycles. The van der Waals surface area contributed by atoms with Gasteiger partial charge in [-0.05, 0) is 38.0 Å². The van der Waals surface area contributed by atoms with E-state index in [0.717, 1.165) is 16.9 Å². The first-order valence-corrected chi connectivity index (χ1v) is 10.5. The maximum atomic E-state index is 12.3. The monoisotopic (exact) mass is 441 g/mol. The summed E-state index contributed by atoms with van der Waals surface area (Å²) in [4.78, 5) is 22.8. The van der Waals surface area contributed by atoms with Gasteiger partial charge in [-0.1, -0.05) is 35.5 Å². The van der Waals surface area contributed by atoms with Crippen LogP contribution in [0.15, 0.2) is 41.6 Å². The van der Waals surface area contributed by atoms with Gasteiger partial charge in [0.15, 0.2) is 11.0 Å². The topological polar surface area (TPSA) is 112 Å². The van der Waals surface area contributed by atoms with Crippen LogP contribution in [0.25, 0.3) is 0 Å². The van der Waals surface area contributed by atoms with Crippen molar-refractivity contribution in [2.24, 2.45) is 7.05 Å². The maximum absolute atomic E-state index is 12.3. The molecule has 1 heterocycles. The van der Waals surface area contributed by atoms with Gasteiger partial charge in [0.2, 0.25) is 5.91 Å². The molecule has 0 aliphatic rings. The molecule has 0 atom stereocenters. The smallest absolute Gasteiger partial charge is 0.271 e. The largest absolute Gasteiger partial charge is 0.485 e. The fourth-order valence-electron chi connectivity index (χ4n) is 2.87. The third-order valence-electron chi connectivity index (χ3n) is 4.65. The van der Waals surface area contributed by atoms with Gasteiger partial charge in [-0.25, -0.2) is 0 Å². The summed E-state index contributed by atoms with van der Waals surface area (Å²) in [6, 6.07) is 10.3. The summed E-state index contributed by atoms with van der Waals surface area (Å²) in [5, 5.41) is 22.5. The Balaban J connectivity index is 1.58. The molecule has 1 amide bonds. The molecule has 1 aromatic heterocycles. The van der Waals surface area contributed by atoms with E-state index in [1.165, 1.54) is 29.5 Å². The molecular formula is C21H23N5O4S. The van der Waals surface area contributed by atoms with Crippen molar-refractivity contribution in [1.29, 1.82) is 0 Å². The summed E-state index contributed by atoms with van der Waals surface area (Å²) in [6.07, 6.45) is 0. The van der Waals surface area contributed by atoms with Gasteiger partial charge in [0, 0.05) is 19.2 Å². The fraction of sp³-hybridized carbons (Fsp3) is 0.286. The molecule has 162 valence electrons. The zero-order valence-electron chi connectivity index (χ0n) is 17.7. The second kappa shape index (κ2) is 9.61. The Bertz CT molecular complexity index is 1130. The van der Waals surface area contributed by atoms with Crippen molar-refractivity contribution in [3.8, 4) is 5.75 Å². The second-order valence-electron chi connectivity index (χ2n) is 7.11. The lowest BCUT2D eigenvalue weighted by Gasteiger charge is -2.10. The van der Waals surface area contributed by atoms with E-state index >= 15 is 0 Å². The molecule has 0 aliphatic heterocycles. The number of thioether (sulfide) groups is 1. The molecule has 10 heteroatoms. The Morgan fingerprint density at radius 2 is 1.94 bits per heavy atom. The van der Waals surface area contributed by atoms with Crippen LogP contribution in [0, 0.1) is 30.9 Å². The number of nitrogens with one attached hydrogen (secondary N) is 1. The third kappa shape index (κ3) is 5.60. The molecule has 0 spiro atoms. The highest BCUT2D eigenvalue weighted by Gasteiger charge is 2.15. The molecule has 0 bridgehead atoms. The molecule has 0 radical (unpaired) electrons. The van der Waals surface area contributed by atoms with Crippen LogP contribution in [0.1, 0.15) is 22.5 Å². The number of hydrogen-bond donors (Lipinski definition) is 1. The van der Waals surface area contributed by atoms with Gasteiger partial charge in [0.05, 0.1) is 16.4 Å². The summed E-state index contributed by atoms with van der Waals surface area (Å²) < 4.78 is 7.63. The molecule has 1 N–H and O–H groups in total. The Hall–Kier alpha value is -3.40. The summed E-state index contributed by atoms with van der Waals surface area (Å²) in [7, 11) is 1.81. The van der Waals surface area contributed by atoms with Crippen molar-refractivity contribution >= 4 is 29.0 Å². The van der Waals surface area contributed by atoms with Crippen LogP contribution in [-0.4, -0.2) is 31.3 Å². The van der Waals surface area contributed by atoms with Crippen LogP contribution >= 0.6 is 11.8 Å². The zero-order chi connectivity index (χ0) is 22.5. The summed E-state index contributed by atoms with van der Waals surface area (Å²) in [5.41, 5.74) is 3.30. The number of non-ortho nitro benzene ring substituents is 1. The first-order valence-electron chi connectivity index (χ1n) is 9.50. The van der Waals surface area contributed by atoms with Crippen LogP contribution in [0.2, 0.25) is 0 Å². The molecule has 3 rings (SSSR count). The van der Waals surface area contributed by atoms with E-state index in [-0.39, 0.29) is 24.0 Å². The lowest BCUT2D eigenvalue weighted by Crippen LogP contribution is -2.15. The number of nitrogens with zero attached hydrogens (tertiary/aromatic N) is 4. The van der Waals surface area contributed by atoms with Gasteiger partial charge in [0.1, 0.15) is 12.4 Å². The minimum absolute atomic E-state index is 0.0738. The van der Waals surface area contributed by atoms with E-state index in [1.54, 1.807) is 17.6 Å². The minimum Gasteiger partial charge on any atom is -0.485 e. The highest BCUT2D eigenvalue weighted by Crippen LogP contribution is 2.23. The maximum Gasteiger partial charge on any atom is 0.271 e. The number of aryl methyl sites for hydroxylation is 3. The number of nitro benzene ring substituents is 1. The highest BCUT2D eigenvalue weighted by atomic mass is 32.2. The summed E-state index contributed by atoms with van der Waals surface area (Å²) in [6.45, 7) is 6.05. The first-order chi connectivity index (χ1) is 14.7. The van der Waals surface area contributed by atoms with Crippen molar-refractivity contribution in [3.05, 3.63) is 69.0 Å². The van der Waals surface area contributed by atoms with E-state index in [9.17, 15) is 14.9 Å².